The predicted octanol–water partition coefficient (Wildman–Crippen LogP) is 1.16. The van der Waals surface area contributed by atoms with Crippen molar-refractivity contribution < 1.29 is 9.90 Å². The molecule has 2 N–H and O–H groups in total. The maximum absolute atomic E-state index is 12.0. The average Bonchev–Trinajstić information content (AvgIpc) is 2.96. The zero-order valence-corrected chi connectivity index (χ0v) is 11.4. The van der Waals surface area contributed by atoms with Crippen LogP contribution >= 0.6 is 0 Å². The molecule has 2 rings (SSSR count). The number of aromatic nitrogens is 3. The van der Waals surface area contributed by atoms with Crippen molar-refractivity contribution in [1.82, 2.24) is 20.3 Å². The third-order valence-corrected chi connectivity index (χ3v) is 2.88. The minimum Gasteiger partial charge on any atom is -0.396 e. The molecule has 1 aromatic carbocycles. The number of rotatable bonds is 6. The Balaban J connectivity index is 2.00. The zero-order valence-electron chi connectivity index (χ0n) is 11.4. The average molecular weight is 274 g/mol. The third-order valence-electron chi connectivity index (χ3n) is 2.88. The Hall–Kier alpha value is -2.21. The summed E-state index contributed by atoms with van der Waals surface area (Å²) in [5, 5.41) is 19.8. The predicted molar refractivity (Wildman–Crippen MR) is 74.6 cm³/mol. The lowest BCUT2D eigenvalue weighted by Gasteiger charge is -2.11. The van der Waals surface area contributed by atoms with E-state index in [9.17, 15) is 4.79 Å². The standard InChI is InChI=1S/C14H18N4O2/c1-11(6-5-9-19)16-14(20)13-10-15-18(17-13)12-7-3-2-4-8-12/h2-4,7-8,10-11,19H,5-6,9H2,1H3,(H,16,20). The number of nitrogens with one attached hydrogen (secondary N) is 1. The number of carbonyl (C=O) groups is 1. The number of amides is 1. The summed E-state index contributed by atoms with van der Waals surface area (Å²) in [6.45, 7) is 2.03. The molecule has 1 heterocycles. The monoisotopic (exact) mass is 274 g/mol. The van der Waals surface area contributed by atoms with Crippen LogP contribution in [0.2, 0.25) is 0 Å². The number of aliphatic hydroxyl groups is 1. The maximum Gasteiger partial charge on any atom is 0.273 e. The van der Waals surface area contributed by atoms with Crippen LogP contribution < -0.4 is 5.32 Å². The number of benzene rings is 1. The zero-order chi connectivity index (χ0) is 14.4. The molecule has 6 heteroatoms. The van der Waals surface area contributed by atoms with Crippen LogP contribution in [0.15, 0.2) is 36.5 Å². The summed E-state index contributed by atoms with van der Waals surface area (Å²) in [7, 11) is 0. The molecule has 0 bridgehead atoms. The summed E-state index contributed by atoms with van der Waals surface area (Å²) in [6, 6.07) is 9.40. The molecule has 106 valence electrons. The highest BCUT2D eigenvalue weighted by Gasteiger charge is 2.13. The third kappa shape index (κ3) is 3.64. The van der Waals surface area contributed by atoms with Crippen molar-refractivity contribution >= 4 is 5.91 Å². The molecule has 1 atom stereocenters. The second-order valence-electron chi connectivity index (χ2n) is 4.60. The summed E-state index contributed by atoms with van der Waals surface area (Å²) >= 11 is 0. The number of para-hydroxylation sites is 1. The van der Waals surface area contributed by atoms with Gasteiger partial charge in [0.2, 0.25) is 0 Å². The fourth-order valence-corrected chi connectivity index (χ4v) is 1.82. The van der Waals surface area contributed by atoms with Gasteiger partial charge in [0.05, 0.1) is 11.9 Å². The molecule has 1 aromatic heterocycles. The first kappa shape index (κ1) is 14.2. The lowest BCUT2D eigenvalue weighted by molar-refractivity contribution is 0.0931. The first-order valence-electron chi connectivity index (χ1n) is 6.60. The van der Waals surface area contributed by atoms with E-state index in [0.717, 1.165) is 12.1 Å². The van der Waals surface area contributed by atoms with Gasteiger partial charge in [0.25, 0.3) is 5.91 Å². The fraction of sp³-hybridized carbons (Fsp3) is 0.357. The fourth-order valence-electron chi connectivity index (χ4n) is 1.82. The van der Waals surface area contributed by atoms with Crippen LogP contribution in [0, 0.1) is 0 Å². The van der Waals surface area contributed by atoms with Gasteiger partial charge in [-0.15, -0.1) is 5.10 Å². The Kier molecular flexibility index (Phi) is 4.84. The summed E-state index contributed by atoms with van der Waals surface area (Å²) < 4.78 is 0. The number of nitrogens with zero attached hydrogens (tertiary/aromatic N) is 3. The topological polar surface area (TPSA) is 80.0 Å². The Bertz CT molecular complexity index is 553. The van der Waals surface area contributed by atoms with E-state index in [1.165, 1.54) is 11.0 Å². The largest absolute Gasteiger partial charge is 0.396 e. The Labute approximate surface area is 117 Å². The van der Waals surface area contributed by atoms with Crippen molar-refractivity contribution in [2.45, 2.75) is 25.8 Å². The van der Waals surface area contributed by atoms with Crippen LogP contribution in [-0.4, -0.2) is 38.7 Å². The van der Waals surface area contributed by atoms with Crippen molar-refractivity contribution in [3.8, 4) is 5.69 Å². The molecule has 0 saturated heterocycles. The van der Waals surface area contributed by atoms with Crippen LogP contribution in [0.4, 0.5) is 0 Å². The van der Waals surface area contributed by atoms with E-state index >= 15 is 0 Å². The van der Waals surface area contributed by atoms with Crippen molar-refractivity contribution in [1.29, 1.82) is 0 Å². The number of hydrogen-bond donors (Lipinski definition) is 2. The number of carbonyl (C=O) groups excluding carboxylic acids is 1. The molecule has 0 spiro atoms. The van der Waals surface area contributed by atoms with Gasteiger partial charge >= 0.3 is 0 Å². The minimum atomic E-state index is -0.252. The van der Waals surface area contributed by atoms with Gasteiger partial charge in [-0.25, -0.2) is 0 Å². The van der Waals surface area contributed by atoms with Gasteiger partial charge in [-0.2, -0.15) is 9.90 Å². The normalized spacial score (nSPS) is 12.1. The summed E-state index contributed by atoms with van der Waals surface area (Å²) in [4.78, 5) is 13.4. The second kappa shape index (κ2) is 6.81. The number of aliphatic hydroxyl groups excluding tert-OH is 1. The molecular weight excluding hydrogens is 256 g/mol. The summed E-state index contributed by atoms with van der Waals surface area (Å²) in [6.07, 6.45) is 2.84. The van der Waals surface area contributed by atoms with Crippen LogP contribution in [0.3, 0.4) is 0 Å². The van der Waals surface area contributed by atoms with E-state index in [0.29, 0.717) is 6.42 Å². The van der Waals surface area contributed by atoms with Crippen molar-refractivity contribution in [2.75, 3.05) is 6.61 Å². The first-order valence-corrected chi connectivity index (χ1v) is 6.60. The highest BCUT2D eigenvalue weighted by atomic mass is 16.3. The molecule has 0 aliphatic heterocycles. The maximum atomic E-state index is 12.0. The molecular formula is C14H18N4O2. The van der Waals surface area contributed by atoms with Crippen LogP contribution in [-0.2, 0) is 0 Å². The second-order valence-corrected chi connectivity index (χ2v) is 4.60. The lowest BCUT2D eigenvalue weighted by Crippen LogP contribution is -2.33. The Morgan fingerprint density at radius 2 is 2.15 bits per heavy atom. The van der Waals surface area contributed by atoms with E-state index in [1.54, 1.807) is 0 Å². The van der Waals surface area contributed by atoms with Crippen molar-refractivity contribution in [3.63, 3.8) is 0 Å². The van der Waals surface area contributed by atoms with Gasteiger partial charge < -0.3 is 10.4 Å². The van der Waals surface area contributed by atoms with Gasteiger partial charge in [0, 0.05) is 12.6 Å². The van der Waals surface area contributed by atoms with Gasteiger partial charge in [-0.3, -0.25) is 4.79 Å². The van der Waals surface area contributed by atoms with Gasteiger partial charge in [0.1, 0.15) is 0 Å². The van der Waals surface area contributed by atoms with Crippen molar-refractivity contribution in [2.24, 2.45) is 0 Å². The van der Waals surface area contributed by atoms with Crippen LogP contribution in [0.25, 0.3) is 5.69 Å². The first-order chi connectivity index (χ1) is 9.70. The molecule has 0 aliphatic carbocycles. The smallest absolute Gasteiger partial charge is 0.273 e. The Morgan fingerprint density at radius 3 is 2.85 bits per heavy atom. The quantitative estimate of drug-likeness (QED) is 0.828. The van der Waals surface area contributed by atoms with E-state index in [4.69, 9.17) is 5.11 Å². The molecule has 20 heavy (non-hydrogen) atoms. The van der Waals surface area contributed by atoms with E-state index in [2.05, 4.69) is 15.5 Å². The van der Waals surface area contributed by atoms with Gasteiger partial charge in [-0.05, 0) is 31.9 Å². The van der Waals surface area contributed by atoms with Crippen LogP contribution in [0.1, 0.15) is 30.3 Å². The van der Waals surface area contributed by atoms with Gasteiger partial charge in [-0.1, -0.05) is 18.2 Å². The van der Waals surface area contributed by atoms with Gasteiger partial charge in [0.15, 0.2) is 5.69 Å². The number of hydrogen-bond acceptors (Lipinski definition) is 4. The highest BCUT2D eigenvalue weighted by molar-refractivity contribution is 5.92. The van der Waals surface area contributed by atoms with Crippen molar-refractivity contribution in [3.05, 3.63) is 42.2 Å². The summed E-state index contributed by atoms with van der Waals surface area (Å²) in [5.41, 5.74) is 1.09. The highest BCUT2D eigenvalue weighted by Crippen LogP contribution is 2.05. The minimum absolute atomic E-state index is 0.00322. The molecule has 6 nitrogen and oxygen atoms in total. The van der Waals surface area contributed by atoms with Crippen LogP contribution in [0.5, 0.6) is 0 Å². The molecule has 2 aromatic rings. The molecule has 0 aliphatic rings. The molecule has 0 fully saturated rings. The molecule has 1 amide bonds. The molecule has 1 unspecified atom stereocenters. The molecule has 0 saturated carbocycles. The molecule has 0 radical (unpaired) electrons. The summed E-state index contributed by atoms with van der Waals surface area (Å²) in [5.74, 6) is -0.252. The SMILES string of the molecule is CC(CCCO)NC(=O)c1cnn(-c2ccccc2)n1. The lowest BCUT2D eigenvalue weighted by atomic mass is 10.2. The van der Waals surface area contributed by atoms with E-state index in [1.807, 2.05) is 37.3 Å². The Morgan fingerprint density at radius 1 is 1.40 bits per heavy atom. The van der Waals surface area contributed by atoms with E-state index < -0.39 is 0 Å². The van der Waals surface area contributed by atoms with E-state index in [-0.39, 0.29) is 24.2 Å².